The van der Waals surface area contributed by atoms with Crippen LogP contribution in [0.15, 0.2) is 28.2 Å². The standard InChI is InChI=1S/C13H16N2O3S/c1-8(16)13(2,3)15-11(17)9-7-19-12(14-9)10-5-4-6-18-10/h4-8,16H,1-3H3,(H,15,17). The van der Waals surface area contributed by atoms with Gasteiger partial charge in [-0.05, 0) is 32.9 Å². The first-order chi connectivity index (χ1) is 8.90. The third-order valence-corrected chi connectivity index (χ3v) is 3.81. The first-order valence-corrected chi connectivity index (χ1v) is 6.78. The Balaban J connectivity index is 2.13. The van der Waals surface area contributed by atoms with Gasteiger partial charge in [-0.25, -0.2) is 4.98 Å². The number of nitrogens with one attached hydrogen (secondary N) is 1. The largest absolute Gasteiger partial charge is 0.462 e. The molecule has 0 radical (unpaired) electrons. The number of aliphatic hydroxyl groups is 1. The minimum atomic E-state index is -0.703. The maximum absolute atomic E-state index is 12.0. The van der Waals surface area contributed by atoms with Gasteiger partial charge < -0.3 is 14.8 Å². The number of carbonyl (C=O) groups is 1. The van der Waals surface area contributed by atoms with Crippen molar-refractivity contribution in [2.75, 3.05) is 0 Å². The van der Waals surface area contributed by atoms with Gasteiger partial charge in [0.25, 0.3) is 5.91 Å². The highest BCUT2D eigenvalue weighted by molar-refractivity contribution is 7.13. The van der Waals surface area contributed by atoms with Crippen molar-refractivity contribution >= 4 is 17.2 Å². The highest BCUT2D eigenvalue weighted by Crippen LogP contribution is 2.24. The summed E-state index contributed by atoms with van der Waals surface area (Å²) in [5.74, 6) is 0.332. The van der Waals surface area contributed by atoms with E-state index in [2.05, 4.69) is 10.3 Å². The van der Waals surface area contributed by atoms with E-state index in [1.54, 1.807) is 44.5 Å². The molecule has 2 aromatic heterocycles. The highest BCUT2D eigenvalue weighted by Gasteiger charge is 2.27. The summed E-state index contributed by atoms with van der Waals surface area (Å²) in [6.45, 7) is 5.15. The van der Waals surface area contributed by atoms with Crippen molar-refractivity contribution in [1.29, 1.82) is 0 Å². The van der Waals surface area contributed by atoms with Crippen LogP contribution in [0.25, 0.3) is 10.8 Å². The number of nitrogens with zero attached hydrogens (tertiary/aromatic N) is 1. The number of amides is 1. The third-order valence-electron chi connectivity index (χ3n) is 2.95. The Hall–Kier alpha value is -1.66. The second kappa shape index (κ2) is 5.14. The van der Waals surface area contributed by atoms with Crippen molar-refractivity contribution in [3.63, 3.8) is 0 Å². The predicted octanol–water partition coefficient (Wildman–Crippen LogP) is 2.29. The molecule has 0 aromatic carbocycles. The number of thiazole rings is 1. The van der Waals surface area contributed by atoms with Gasteiger partial charge in [-0.1, -0.05) is 0 Å². The molecule has 19 heavy (non-hydrogen) atoms. The fourth-order valence-electron chi connectivity index (χ4n) is 1.35. The summed E-state index contributed by atoms with van der Waals surface area (Å²) in [7, 11) is 0. The summed E-state index contributed by atoms with van der Waals surface area (Å²) < 4.78 is 5.23. The molecule has 0 aliphatic rings. The van der Waals surface area contributed by atoms with Crippen molar-refractivity contribution in [2.45, 2.75) is 32.4 Å². The number of hydrogen-bond donors (Lipinski definition) is 2. The van der Waals surface area contributed by atoms with Crippen LogP contribution >= 0.6 is 11.3 Å². The predicted molar refractivity (Wildman–Crippen MR) is 73.0 cm³/mol. The van der Waals surface area contributed by atoms with Crippen LogP contribution in [-0.4, -0.2) is 27.6 Å². The molecule has 1 unspecified atom stereocenters. The fraction of sp³-hybridized carbons (Fsp3) is 0.385. The monoisotopic (exact) mass is 280 g/mol. The van der Waals surface area contributed by atoms with Gasteiger partial charge in [-0.3, -0.25) is 4.79 Å². The SMILES string of the molecule is CC(O)C(C)(C)NC(=O)c1csc(-c2ccco2)n1. The van der Waals surface area contributed by atoms with E-state index in [1.807, 2.05) is 0 Å². The molecule has 0 aliphatic carbocycles. The van der Waals surface area contributed by atoms with Crippen molar-refractivity contribution in [1.82, 2.24) is 10.3 Å². The number of furan rings is 1. The van der Waals surface area contributed by atoms with Crippen molar-refractivity contribution in [3.05, 3.63) is 29.5 Å². The summed E-state index contributed by atoms with van der Waals surface area (Å²) in [5.41, 5.74) is -0.379. The van der Waals surface area contributed by atoms with Crippen LogP contribution in [0, 0.1) is 0 Å². The minimum Gasteiger partial charge on any atom is -0.462 e. The average molecular weight is 280 g/mol. The average Bonchev–Trinajstić information content (AvgIpc) is 2.99. The van der Waals surface area contributed by atoms with Gasteiger partial charge in [0.15, 0.2) is 10.8 Å². The molecule has 2 rings (SSSR count). The zero-order valence-electron chi connectivity index (χ0n) is 11.0. The summed E-state index contributed by atoms with van der Waals surface area (Å²) in [4.78, 5) is 16.3. The van der Waals surface area contributed by atoms with Crippen molar-refractivity contribution in [3.8, 4) is 10.8 Å². The Morgan fingerprint density at radius 2 is 2.32 bits per heavy atom. The van der Waals surface area contributed by atoms with Crippen molar-refractivity contribution in [2.24, 2.45) is 0 Å². The second-order valence-corrected chi connectivity index (χ2v) is 5.73. The molecule has 1 amide bonds. The molecule has 2 aromatic rings. The Morgan fingerprint density at radius 1 is 1.58 bits per heavy atom. The molecule has 1 atom stereocenters. The second-order valence-electron chi connectivity index (χ2n) is 4.87. The van der Waals surface area contributed by atoms with E-state index in [1.165, 1.54) is 11.3 Å². The Bertz CT molecular complexity index is 558. The molecule has 102 valence electrons. The van der Waals surface area contributed by atoms with E-state index in [4.69, 9.17) is 4.42 Å². The van der Waals surface area contributed by atoms with Crippen LogP contribution in [0.2, 0.25) is 0 Å². The highest BCUT2D eigenvalue weighted by atomic mass is 32.1. The van der Waals surface area contributed by atoms with Gasteiger partial charge in [0.1, 0.15) is 5.69 Å². The molecular weight excluding hydrogens is 264 g/mol. The van der Waals surface area contributed by atoms with E-state index in [-0.39, 0.29) is 5.91 Å². The van der Waals surface area contributed by atoms with Gasteiger partial charge in [-0.2, -0.15) is 0 Å². The maximum atomic E-state index is 12.0. The van der Waals surface area contributed by atoms with E-state index >= 15 is 0 Å². The zero-order valence-corrected chi connectivity index (χ0v) is 11.8. The minimum absolute atomic E-state index is 0.306. The topological polar surface area (TPSA) is 75.4 Å². The van der Waals surface area contributed by atoms with E-state index in [0.29, 0.717) is 16.5 Å². The molecular formula is C13H16N2O3S. The molecule has 0 aliphatic heterocycles. The Morgan fingerprint density at radius 3 is 2.89 bits per heavy atom. The first kappa shape index (κ1) is 13.8. The Labute approximate surface area is 115 Å². The number of rotatable bonds is 4. The lowest BCUT2D eigenvalue weighted by Crippen LogP contribution is -2.51. The zero-order chi connectivity index (χ0) is 14.0. The molecule has 0 saturated heterocycles. The normalized spacial score (nSPS) is 13.3. The van der Waals surface area contributed by atoms with Crippen LogP contribution in [0.5, 0.6) is 0 Å². The summed E-state index contributed by atoms with van der Waals surface area (Å²) >= 11 is 1.34. The summed E-state index contributed by atoms with van der Waals surface area (Å²) in [6, 6.07) is 3.56. The molecule has 0 saturated carbocycles. The summed E-state index contributed by atoms with van der Waals surface area (Å²) in [6.07, 6.45) is 0.909. The van der Waals surface area contributed by atoms with E-state index < -0.39 is 11.6 Å². The maximum Gasteiger partial charge on any atom is 0.271 e. The molecule has 2 heterocycles. The molecule has 2 N–H and O–H groups in total. The quantitative estimate of drug-likeness (QED) is 0.901. The Kier molecular flexibility index (Phi) is 3.73. The number of hydrogen-bond acceptors (Lipinski definition) is 5. The van der Waals surface area contributed by atoms with Gasteiger partial charge in [0, 0.05) is 5.38 Å². The van der Waals surface area contributed by atoms with Crippen LogP contribution in [0.1, 0.15) is 31.3 Å². The van der Waals surface area contributed by atoms with Crippen LogP contribution in [0.3, 0.4) is 0 Å². The first-order valence-electron chi connectivity index (χ1n) is 5.90. The number of aromatic nitrogens is 1. The fourth-order valence-corrected chi connectivity index (χ4v) is 2.12. The molecule has 0 bridgehead atoms. The number of carbonyl (C=O) groups excluding carboxylic acids is 1. The van der Waals surface area contributed by atoms with Gasteiger partial charge in [0.05, 0.1) is 17.9 Å². The van der Waals surface area contributed by atoms with Crippen LogP contribution < -0.4 is 5.32 Å². The lowest BCUT2D eigenvalue weighted by Gasteiger charge is -2.28. The van der Waals surface area contributed by atoms with Crippen LogP contribution in [0.4, 0.5) is 0 Å². The van der Waals surface area contributed by atoms with E-state index in [9.17, 15) is 9.90 Å². The summed E-state index contributed by atoms with van der Waals surface area (Å²) in [5, 5.41) is 14.7. The lowest BCUT2D eigenvalue weighted by molar-refractivity contribution is 0.0706. The smallest absolute Gasteiger partial charge is 0.271 e. The third kappa shape index (κ3) is 3.02. The molecule has 0 spiro atoms. The van der Waals surface area contributed by atoms with Gasteiger partial charge in [-0.15, -0.1) is 11.3 Å². The van der Waals surface area contributed by atoms with Crippen LogP contribution in [-0.2, 0) is 0 Å². The molecule has 0 fully saturated rings. The van der Waals surface area contributed by atoms with Gasteiger partial charge in [0.2, 0.25) is 0 Å². The lowest BCUT2D eigenvalue weighted by atomic mass is 9.99. The number of aliphatic hydroxyl groups excluding tert-OH is 1. The van der Waals surface area contributed by atoms with Gasteiger partial charge >= 0.3 is 0 Å². The molecule has 6 heteroatoms. The van der Waals surface area contributed by atoms with E-state index in [0.717, 1.165) is 0 Å². The molecule has 5 nitrogen and oxygen atoms in total. The van der Waals surface area contributed by atoms with Crippen molar-refractivity contribution < 1.29 is 14.3 Å².